The maximum absolute atomic E-state index is 10.6. The predicted octanol–water partition coefficient (Wildman–Crippen LogP) is 3.99. The minimum absolute atomic E-state index is 0.162. The molecule has 0 unspecified atom stereocenters. The van der Waals surface area contributed by atoms with Crippen LogP contribution in [0.2, 0.25) is 0 Å². The first-order valence-corrected chi connectivity index (χ1v) is 5.74. The first-order chi connectivity index (χ1) is 6.18. The summed E-state index contributed by atoms with van der Waals surface area (Å²) in [7, 11) is 0. The van der Waals surface area contributed by atoms with Crippen LogP contribution in [0.1, 0.15) is 52.9 Å². The SMILES string of the molecule is CC.CC1CCC(CC(=O)Cl)CC1. The fourth-order valence-corrected chi connectivity index (χ4v) is 1.98. The molecule has 0 N–H and O–H groups in total. The molecule has 78 valence electrons. The second kappa shape index (κ2) is 7.37. The zero-order valence-electron chi connectivity index (χ0n) is 8.98. The van der Waals surface area contributed by atoms with Crippen LogP contribution in [0.15, 0.2) is 0 Å². The van der Waals surface area contributed by atoms with Crippen LogP contribution in [0.5, 0.6) is 0 Å². The monoisotopic (exact) mass is 204 g/mol. The highest BCUT2D eigenvalue weighted by atomic mass is 35.5. The lowest BCUT2D eigenvalue weighted by Gasteiger charge is -2.24. The van der Waals surface area contributed by atoms with Crippen LogP contribution < -0.4 is 0 Å². The van der Waals surface area contributed by atoms with E-state index in [4.69, 9.17) is 11.6 Å². The first-order valence-electron chi connectivity index (χ1n) is 5.37. The van der Waals surface area contributed by atoms with E-state index in [0.717, 1.165) is 5.92 Å². The molecule has 1 nitrogen and oxygen atoms in total. The summed E-state index contributed by atoms with van der Waals surface area (Å²) in [4.78, 5) is 10.6. The van der Waals surface area contributed by atoms with E-state index in [1.165, 1.54) is 25.7 Å². The molecular weight excluding hydrogens is 184 g/mol. The molecule has 13 heavy (non-hydrogen) atoms. The Morgan fingerprint density at radius 2 is 1.69 bits per heavy atom. The second-order valence-corrected chi connectivity index (χ2v) is 4.11. The Kier molecular flexibility index (Phi) is 7.35. The van der Waals surface area contributed by atoms with E-state index in [2.05, 4.69) is 6.92 Å². The molecule has 0 aromatic heterocycles. The van der Waals surface area contributed by atoms with Crippen LogP contribution in [0.4, 0.5) is 0 Å². The van der Waals surface area contributed by atoms with E-state index in [-0.39, 0.29) is 5.24 Å². The molecule has 1 rings (SSSR count). The molecule has 0 bridgehead atoms. The largest absolute Gasteiger partial charge is 0.281 e. The van der Waals surface area contributed by atoms with Gasteiger partial charge in [0.05, 0.1) is 0 Å². The van der Waals surface area contributed by atoms with Crippen LogP contribution in [0.25, 0.3) is 0 Å². The standard InChI is InChI=1S/C9H15ClO.C2H6/c1-7-2-4-8(5-3-7)6-9(10)11;1-2/h7-8H,2-6H2,1H3;1-2H3. The normalized spacial score (nSPS) is 27.4. The van der Waals surface area contributed by atoms with Gasteiger partial charge >= 0.3 is 0 Å². The third kappa shape index (κ3) is 6.09. The lowest BCUT2D eigenvalue weighted by Crippen LogP contribution is -2.13. The zero-order chi connectivity index (χ0) is 10.3. The summed E-state index contributed by atoms with van der Waals surface area (Å²) in [5.41, 5.74) is 0. The summed E-state index contributed by atoms with van der Waals surface area (Å²) in [6, 6.07) is 0. The third-order valence-electron chi connectivity index (χ3n) is 2.58. The van der Waals surface area contributed by atoms with Crippen LogP contribution in [0, 0.1) is 11.8 Å². The zero-order valence-corrected chi connectivity index (χ0v) is 9.73. The average Bonchev–Trinajstić information content (AvgIpc) is 2.12. The van der Waals surface area contributed by atoms with Gasteiger partial charge < -0.3 is 0 Å². The molecule has 0 aromatic carbocycles. The first kappa shape index (κ1) is 13.0. The molecule has 0 heterocycles. The van der Waals surface area contributed by atoms with Crippen molar-refractivity contribution < 1.29 is 4.79 Å². The van der Waals surface area contributed by atoms with Crippen molar-refractivity contribution in [3.8, 4) is 0 Å². The van der Waals surface area contributed by atoms with Gasteiger partial charge in [-0.05, 0) is 36.3 Å². The highest BCUT2D eigenvalue weighted by Crippen LogP contribution is 2.30. The maximum atomic E-state index is 10.6. The summed E-state index contributed by atoms with van der Waals surface area (Å²) in [5.74, 6) is 1.44. The minimum atomic E-state index is -0.162. The fourth-order valence-electron chi connectivity index (χ4n) is 1.76. The molecule has 2 heteroatoms. The van der Waals surface area contributed by atoms with Crippen molar-refractivity contribution in [1.82, 2.24) is 0 Å². The van der Waals surface area contributed by atoms with Crippen molar-refractivity contribution in [2.24, 2.45) is 11.8 Å². The molecule has 1 aliphatic rings. The molecule has 1 saturated carbocycles. The highest BCUT2D eigenvalue weighted by Gasteiger charge is 2.19. The van der Waals surface area contributed by atoms with E-state index < -0.39 is 0 Å². The molecule has 0 saturated heterocycles. The molecule has 0 aliphatic heterocycles. The Labute approximate surface area is 86.9 Å². The van der Waals surface area contributed by atoms with Crippen molar-refractivity contribution in [1.29, 1.82) is 0 Å². The van der Waals surface area contributed by atoms with E-state index in [9.17, 15) is 4.79 Å². The number of rotatable bonds is 2. The van der Waals surface area contributed by atoms with Crippen LogP contribution in [-0.2, 0) is 4.79 Å². The Hall–Kier alpha value is -0.0400. The topological polar surface area (TPSA) is 17.1 Å². The third-order valence-corrected chi connectivity index (χ3v) is 2.74. The van der Waals surface area contributed by atoms with Gasteiger partial charge in [-0.15, -0.1) is 0 Å². The van der Waals surface area contributed by atoms with Crippen molar-refractivity contribution in [3.05, 3.63) is 0 Å². The Morgan fingerprint density at radius 3 is 2.08 bits per heavy atom. The smallest absolute Gasteiger partial charge is 0.221 e. The van der Waals surface area contributed by atoms with Gasteiger partial charge in [-0.2, -0.15) is 0 Å². The minimum Gasteiger partial charge on any atom is -0.281 e. The lowest BCUT2D eigenvalue weighted by atomic mass is 9.82. The van der Waals surface area contributed by atoms with Crippen LogP contribution in [-0.4, -0.2) is 5.24 Å². The van der Waals surface area contributed by atoms with Crippen LogP contribution in [0.3, 0.4) is 0 Å². The summed E-state index contributed by atoms with van der Waals surface area (Å²) >= 11 is 5.31. The van der Waals surface area contributed by atoms with E-state index in [1.54, 1.807) is 0 Å². The van der Waals surface area contributed by atoms with Crippen molar-refractivity contribution in [2.75, 3.05) is 0 Å². The van der Waals surface area contributed by atoms with Gasteiger partial charge in [-0.3, -0.25) is 4.79 Å². The van der Waals surface area contributed by atoms with E-state index >= 15 is 0 Å². The molecule has 0 spiro atoms. The summed E-state index contributed by atoms with van der Waals surface area (Å²) in [6.07, 6.45) is 5.52. The van der Waals surface area contributed by atoms with Crippen LogP contribution >= 0.6 is 11.6 Å². The summed E-state index contributed by atoms with van der Waals surface area (Å²) in [6.45, 7) is 6.28. The highest BCUT2D eigenvalue weighted by molar-refractivity contribution is 6.63. The van der Waals surface area contributed by atoms with Gasteiger partial charge in [0.15, 0.2) is 0 Å². The molecule has 0 atom stereocenters. The molecule has 1 aliphatic carbocycles. The number of hydrogen-bond acceptors (Lipinski definition) is 1. The molecule has 0 aromatic rings. The summed E-state index contributed by atoms with van der Waals surface area (Å²) in [5, 5.41) is -0.162. The summed E-state index contributed by atoms with van der Waals surface area (Å²) < 4.78 is 0. The van der Waals surface area contributed by atoms with E-state index in [0.29, 0.717) is 12.3 Å². The molecule has 0 radical (unpaired) electrons. The van der Waals surface area contributed by atoms with Gasteiger partial charge in [0.1, 0.15) is 0 Å². The van der Waals surface area contributed by atoms with Gasteiger partial charge in [0.25, 0.3) is 0 Å². The molecule has 0 amide bonds. The Bertz CT molecular complexity index is 137. The van der Waals surface area contributed by atoms with E-state index in [1.807, 2.05) is 13.8 Å². The fraction of sp³-hybridized carbons (Fsp3) is 0.909. The molecular formula is C11H21ClO. The predicted molar refractivity (Wildman–Crippen MR) is 57.9 cm³/mol. The quantitative estimate of drug-likeness (QED) is 0.622. The maximum Gasteiger partial charge on any atom is 0.221 e. The number of halogens is 1. The average molecular weight is 205 g/mol. The van der Waals surface area contributed by atoms with Crippen molar-refractivity contribution in [2.45, 2.75) is 52.9 Å². The van der Waals surface area contributed by atoms with Crippen molar-refractivity contribution in [3.63, 3.8) is 0 Å². The molecule has 1 fully saturated rings. The van der Waals surface area contributed by atoms with Gasteiger partial charge in [-0.25, -0.2) is 0 Å². The lowest BCUT2D eigenvalue weighted by molar-refractivity contribution is -0.112. The number of carbonyl (C=O) groups is 1. The van der Waals surface area contributed by atoms with Crippen molar-refractivity contribution >= 4 is 16.8 Å². The Balaban J connectivity index is 0.000000671. The van der Waals surface area contributed by atoms with Gasteiger partial charge in [0.2, 0.25) is 5.24 Å². The number of hydrogen-bond donors (Lipinski definition) is 0. The second-order valence-electron chi connectivity index (χ2n) is 3.69. The number of carbonyl (C=O) groups excluding carboxylic acids is 1. The Morgan fingerprint density at radius 1 is 1.23 bits per heavy atom. The van der Waals surface area contributed by atoms with Gasteiger partial charge in [-0.1, -0.05) is 33.6 Å². The van der Waals surface area contributed by atoms with Gasteiger partial charge in [0, 0.05) is 6.42 Å².